The first-order valence-electron chi connectivity index (χ1n) is 9.67. The van der Waals surface area contributed by atoms with Gasteiger partial charge in [-0.2, -0.15) is 9.40 Å². The predicted molar refractivity (Wildman–Crippen MR) is 105 cm³/mol. The van der Waals surface area contributed by atoms with Gasteiger partial charge in [-0.05, 0) is 45.2 Å². The lowest BCUT2D eigenvalue weighted by Gasteiger charge is -2.31. The van der Waals surface area contributed by atoms with Crippen LogP contribution < -0.4 is 0 Å². The second-order valence-electron chi connectivity index (χ2n) is 7.37. The van der Waals surface area contributed by atoms with Gasteiger partial charge in [0.05, 0.1) is 6.20 Å². The van der Waals surface area contributed by atoms with Gasteiger partial charge in [0, 0.05) is 36.6 Å². The highest BCUT2D eigenvalue weighted by Gasteiger charge is 2.35. The Morgan fingerprint density at radius 3 is 2.82 bits per heavy atom. The number of hydrogen-bond donors (Lipinski definition) is 0. The van der Waals surface area contributed by atoms with Crippen molar-refractivity contribution in [3.63, 3.8) is 0 Å². The highest BCUT2D eigenvalue weighted by atomic mass is 32.2. The Labute approximate surface area is 164 Å². The van der Waals surface area contributed by atoms with Crippen molar-refractivity contribution in [1.29, 1.82) is 0 Å². The minimum Gasteiger partial charge on any atom is -0.360 e. The monoisotopic (exact) mass is 403 g/mol. The molecular weight excluding hydrogens is 378 g/mol. The summed E-state index contributed by atoms with van der Waals surface area (Å²) in [5, 5.41) is 9.22. The molecule has 1 fully saturated rings. The standard InChI is InChI=1S/C19H25N5O3S/c1-4-9-24-19-15(11-20-24)7-8-17(21-19)16-6-5-10-23(12-16)28(25,26)18-13(2)22-27-14(18)3/h7-8,11,16H,4-6,9-10,12H2,1-3H3/t16-/m0/s1. The fraction of sp³-hybridized carbons (Fsp3) is 0.526. The van der Waals surface area contributed by atoms with Gasteiger partial charge in [0.25, 0.3) is 0 Å². The third-order valence-corrected chi connectivity index (χ3v) is 7.42. The molecule has 9 heteroatoms. The molecule has 28 heavy (non-hydrogen) atoms. The fourth-order valence-electron chi connectivity index (χ4n) is 3.94. The van der Waals surface area contributed by atoms with Gasteiger partial charge in [0.1, 0.15) is 10.6 Å². The zero-order valence-corrected chi connectivity index (χ0v) is 17.2. The third kappa shape index (κ3) is 3.22. The van der Waals surface area contributed by atoms with E-state index in [2.05, 4.69) is 17.2 Å². The van der Waals surface area contributed by atoms with Crippen LogP contribution in [-0.2, 0) is 16.6 Å². The summed E-state index contributed by atoms with van der Waals surface area (Å²) in [7, 11) is -3.64. The quantitative estimate of drug-likeness (QED) is 0.650. The lowest BCUT2D eigenvalue weighted by molar-refractivity contribution is 0.312. The first-order valence-corrected chi connectivity index (χ1v) is 11.1. The van der Waals surface area contributed by atoms with E-state index in [-0.39, 0.29) is 10.8 Å². The van der Waals surface area contributed by atoms with Gasteiger partial charge in [0.15, 0.2) is 11.4 Å². The molecule has 8 nitrogen and oxygen atoms in total. The zero-order chi connectivity index (χ0) is 19.9. The average Bonchev–Trinajstić information content (AvgIpc) is 3.25. The highest BCUT2D eigenvalue weighted by molar-refractivity contribution is 7.89. The Bertz CT molecular complexity index is 1080. The fourth-order valence-corrected chi connectivity index (χ4v) is 5.76. The van der Waals surface area contributed by atoms with E-state index >= 15 is 0 Å². The Morgan fingerprint density at radius 2 is 2.11 bits per heavy atom. The van der Waals surface area contributed by atoms with Crippen LogP contribution in [0.25, 0.3) is 11.0 Å². The molecule has 0 bridgehead atoms. The number of piperidine rings is 1. The Balaban J connectivity index is 1.64. The summed E-state index contributed by atoms with van der Waals surface area (Å²) in [6, 6.07) is 4.02. The zero-order valence-electron chi connectivity index (χ0n) is 16.4. The maximum absolute atomic E-state index is 13.2. The topological polar surface area (TPSA) is 94.1 Å². The molecule has 1 saturated heterocycles. The van der Waals surface area contributed by atoms with Crippen LogP contribution in [0.4, 0.5) is 0 Å². The van der Waals surface area contributed by atoms with Crippen molar-refractivity contribution in [2.24, 2.45) is 0 Å². The van der Waals surface area contributed by atoms with Crippen LogP contribution in [0, 0.1) is 13.8 Å². The van der Waals surface area contributed by atoms with Crippen molar-refractivity contribution < 1.29 is 12.9 Å². The van der Waals surface area contributed by atoms with Crippen molar-refractivity contribution in [3.8, 4) is 0 Å². The minimum atomic E-state index is -3.64. The van der Waals surface area contributed by atoms with Gasteiger partial charge >= 0.3 is 0 Å². The average molecular weight is 404 g/mol. The summed E-state index contributed by atoms with van der Waals surface area (Å²) >= 11 is 0. The number of nitrogens with zero attached hydrogens (tertiary/aromatic N) is 5. The molecule has 0 aliphatic carbocycles. The largest absolute Gasteiger partial charge is 0.360 e. The molecule has 0 amide bonds. The van der Waals surface area contributed by atoms with E-state index in [0.29, 0.717) is 24.5 Å². The van der Waals surface area contributed by atoms with Gasteiger partial charge in [-0.15, -0.1) is 0 Å². The van der Waals surface area contributed by atoms with E-state index in [1.807, 2.05) is 23.0 Å². The summed E-state index contributed by atoms with van der Waals surface area (Å²) in [5.74, 6) is 0.390. The normalized spacial score (nSPS) is 18.8. The lowest BCUT2D eigenvalue weighted by atomic mass is 9.95. The van der Waals surface area contributed by atoms with Crippen molar-refractivity contribution in [2.45, 2.75) is 57.4 Å². The molecule has 0 N–H and O–H groups in total. The molecule has 0 unspecified atom stereocenters. The summed E-state index contributed by atoms with van der Waals surface area (Å²) in [6.07, 6.45) is 4.52. The van der Waals surface area contributed by atoms with Gasteiger partial charge in [-0.1, -0.05) is 12.1 Å². The van der Waals surface area contributed by atoms with Crippen LogP contribution in [0.15, 0.2) is 27.7 Å². The molecule has 0 aromatic carbocycles. The summed E-state index contributed by atoms with van der Waals surface area (Å²) in [4.78, 5) is 5.03. The Hall–Kier alpha value is -2.26. The van der Waals surface area contributed by atoms with Crippen LogP contribution in [0.2, 0.25) is 0 Å². The number of sulfonamides is 1. The second kappa shape index (κ2) is 7.29. The highest BCUT2D eigenvalue weighted by Crippen LogP contribution is 2.32. The van der Waals surface area contributed by atoms with Crippen molar-refractivity contribution >= 4 is 21.1 Å². The number of hydrogen-bond acceptors (Lipinski definition) is 6. The van der Waals surface area contributed by atoms with Crippen LogP contribution in [0.5, 0.6) is 0 Å². The van der Waals surface area contributed by atoms with Gasteiger partial charge in [0.2, 0.25) is 10.0 Å². The van der Waals surface area contributed by atoms with Crippen LogP contribution in [0.1, 0.15) is 49.3 Å². The molecule has 1 aliphatic rings. The number of aryl methyl sites for hydroxylation is 3. The van der Waals surface area contributed by atoms with E-state index in [9.17, 15) is 8.42 Å². The smallest absolute Gasteiger partial charge is 0.248 e. The van der Waals surface area contributed by atoms with Crippen molar-refractivity contribution in [1.82, 2.24) is 24.2 Å². The molecule has 0 saturated carbocycles. The molecule has 0 spiro atoms. The lowest BCUT2D eigenvalue weighted by Crippen LogP contribution is -2.39. The summed E-state index contributed by atoms with van der Waals surface area (Å²) in [6.45, 7) is 7.13. The molecule has 0 radical (unpaired) electrons. The van der Waals surface area contributed by atoms with Crippen LogP contribution in [-0.4, -0.2) is 45.7 Å². The number of aromatic nitrogens is 4. The van der Waals surface area contributed by atoms with E-state index in [0.717, 1.165) is 42.5 Å². The SMILES string of the molecule is CCCn1ncc2ccc([C@H]3CCCN(S(=O)(=O)c4c(C)noc4C)C3)nc21. The van der Waals surface area contributed by atoms with Crippen LogP contribution >= 0.6 is 0 Å². The molecule has 4 rings (SSSR count). The number of rotatable bonds is 5. The Kier molecular flexibility index (Phi) is 4.96. The van der Waals surface area contributed by atoms with Crippen LogP contribution in [0.3, 0.4) is 0 Å². The first-order chi connectivity index (χ1) is 13.4. The maximum atomic E-state index is 13.2. The van der Waals surface area contributed by atoms with E-state index in [1.165, 1.54) is 0 Å². The van der Waals surface area contributed by atoms with Gasteiger partial charge in [-0.25, -0.2) is 18.1 Å². The predicted octanol–water partition coefficient (Wildman–Crippen LogP) is 3.01. The van der Waals surface area contributed by atoms with E-state index in [1.54, 1.807) is 18.2 Å². The molecular formula is C19H25N5O3S. The number of fused-ring (bicyclic) bond motifs is 1. The van der Waals surface area contributed by atoms with Crippen molar-refractivity contribution in [2.75, 3.05) is 13.1 Å². The van der Waals surface area contributed by atoms with Gasteiger partial charge in [-0.3, -0.25) is 0 Å². The van der Waals surface area contributed by atoms with E-state index < -0.39 is 10.0 Å². The third-order valence-electron chi connectivity index (χ3n) is 5.31. The molecule has 1 aliphatic heterocycles. The molecule has 1 atom stereocenters. The Morgan fingerprint density at radius 1 is 1.29 bits per heavy atom. The summed E-state index contributed by atoms with van der Waals surface area (Å²) < 4.78 is 34.9. The molecule has 3 aromatic heterocycles. The summed E-state index contributed by atoms with van der Waals surface area (Å²) in [5.41, 5.74) is 2.19. The minimum absolute atomic E-state index is 0.0540. The molecule has 150 valence electrons. The second-order valence-corrected chi connectivity index (χ2v) is 9.25. The van der Waals surface area contributed by atoms with Gasteiger partial charge < -0.3 is 4.52 Å². The first kappa shape index (κ1) is 19.1. The van der Waals surface area contributed by atoms with Crippen molar-refractivity contribution in [3.05, 3.63) is 35.5 Å². The van der Waals surface area contributed by atoms with E-state index in [4.69, 9.17) is 9.51 Å². The number of pyridine rings is 1. The molecule has 3 aromatic rings. The molecule has 4 heterocycles. The maximum Gasteiger partial charge on any atom is 0.248 e.